The molecule has 1 fully saturated rings. The maximum atomic E-state index is 11.9. The summed E-state index contributed by atoms with van der Waals surface area (Å²) in [4.78, 5) is 27.7. The molecule has 0 atom stereocenters. The van der Waals surface area contributed by atoms with Gasteiger partial charge in [-0.15, -0.1) is 0 Å². The number of hydrogen-bond donors (Lipinski definition) is 0. The Morgan fingerprint density at radius 3 is 2.65 bits per heavy atom. The summed E-state index contributed by atoms with van der Waals surface area (Å²) in [5.41, 5.74) is 1.84. The minimum absolute atomic E-state index is 0.151. The average Bonchev–Trinajstić information content (AvgIpc) is 3.03. The van der Waals surface area contributed by atoms with Crippen LogP contribution < -0.4 is 0 Å². The fourth-order valence-electron chi connectivity index (χ4n) is 3.30. The van der Waals surface area contributed by atoms with Crippen LogP contribution in [-0.4, -0.2) is 40.8 Å². The fourth-order valence-corrected chi connectivity index (χ4v) is 3.30. The number of nitro benzene ring substituents is 1. The lowest BCUT2D eigenvalue weighted by molar-refractivity contribution is -0.384. The molecule has 1 aliphatic heterocycles. The molecule has 8 nitrogen and oxygen atoms in total. The van der Waals surface area contributed by atoms with Crippen molar-refractivity contribution in [2.24, 2.45) is 0 Å². The van der Waals surface area contributed by atoms with Crippen LogP contribution in [-0.2, 0) is 9.47 Å². The Morgan fingerprint density at radius 1 is 1.35 bits per heavy atom. The second kappa shape index (κ2) is 7.25. The van der Waals surface area contributed by atoms with Gasteiger partial charge in [-0.3, -0.25) is 14.7 Å². The van der Waals surface area contributed by atoms with Crippen molar-refractivity contribution in [2.45, 2.75) is 32.6 Å². The van der Waals surface area contributed by atoms with Gasteiger partial charge in [0.05, 0.1) is 23.3 Å². The molecule has 8 heteroatoms. The number of benzene rings is 1. The Kier molecular flexibility index (Phi) is 5.03. The third kappa shape index (κ3) is 3.32. The summed E-state index contributed by atoms with van der Waals surface area (Å²) in [6, 6.07) is 2.92. The summed E-state index contributed by atoms with van der Waals surface area (Å²) in [6.07, 6.45) is 3.44. The Balaban J connectivity index is 2.16. The van der Waals surface area contributed by atoms with E-state index in [-0.39, 0.29) is 17.2 Å². The molecule has 0 amide bonds. The summed E-state index contributed by atoms with van der Waals surface area (Å²) in [5.74, 6) is 0.375. The molecular weight excluding hydrogens is 338 g/mol. The van der Waals surface area contributed by atoms with E-state index in [4.69, 9.17) is 9.47 Å². The Bertz CT molecular complexity index is 853. The van der Waals surface area contributed by atoms with Crippen molar-refractivity contribution in [2.75, 3.05) is 20.3 Å². The topological polar surface area (TPSA) is 96.5 Å². The van der Waals surface area contributed by atoms with E-state index in [1.54, 1.807) is 23.8 Å². The van der Waals surface area contributed by atoms with Crippen LogP contribution in [0.3, 0.4) is 0 Å². The van der Waals surface area contributed by atoms with Gasteiger partial charge in [0.15, 0.2) is 0 Å². The van der Waals surface area contributed by atoms with Crippen molar-refractivity contribution in [1.29, 1.82) is 0 Å². The lowest BCUT2D eigenvalue weighted by atomic mass is 9.99. The molecule has 0 bridgehead atoms. The Labute approximate surface area is 150 Å². The highest BCUT2D eigenvalue weighted by Gasteiger charge is 2.27. The van der Waals surface area contributed by atoms with E-state index < -0.39 is 10.9 Å². The third-order valence-corrected chi connectivity index (χ3v) is 4.62. The Morgan fingerprint density at radius 2 is 2.04 bits per heavy atom. The largest absolute Gasteiger partial charge is 0.465 e. The van der Waals surface area contributed by atoms with Gasteiger partial charge in [0.1, 0.15) is 11.5 Å². The van der Waals surface area contributed by atoms with Gasteiger partial charge in [-0.1, -0.05) is 0 Å². The monoisotopic (exact) mass is 359 g/mol. The molecule has 0 N–H and O–H groups in total. The van der Waals surface area contributed by atoms with Crippen LogP contribution in [0.15, 0.2) is 18.3 Å². The summed E-state index contributed by atoms with van der Waals surface area (Å²) < 4.78 is 11.9. The number of aromatic nitrogens is 2. The number of carbonyl (C=O) groups is 1. The van der Waals surface area contributed by atoms with Gasteiger partial charge in [-0.2, -0.15) is 0 Å². The zero-order valence-corrected chi connectivity index (χ0v) is 15.0. The first kappa shape index (κ1) is 18.1. The van der Waals surface area contributed by atoms with Crippen LogP contribution in [0.5, 0.6) is 0 Å². The molecule has 1 aromatic carbocycles. The summed E-state index contributed by atoms with van der Waals surface area (Å²) in [6.45, 7) is 4.90. The highest BCUT2D eigenvalue weighted by Crippen LogP contribution is 2.33. The van der Waals surface area contributed by atoms with Crippen LogP contribution >= 0.6 is 0 Å². The molecule has 0 spiro atoms. The molecule has 0 aliphatic carbocycles. The van der Waals surface area contributed by atoms with Gasteiger partial charge in [0.25, 0.3) is 5.69 Å². The maximum Gasteiger partial charge on any atom is 0.338 e. The highest BCUT2D eigenvalue weighted by molar-refractivity contribution is 5.92. The molecule has 138 valence electrons. The number of imidazole rings is 1. The highest BCUT2D eigenvalue weighted by atomic mass is 16.6. The molecule has 1 aliphatic rings. The lowest BCUT2D eigenvalue weighted by Gasteiger charge is -2.22. The second-order valence-corrected chi connectivity index (χ2v) is 6.40. The normalized spacial score (nSPS) is 15.0. The number of aryl methyl sites for hydroxylation is 2. The van der Waals surface area contributed by atoms with Crippen molar-refractivity contribution < 1.29 is 19.2 Å². The molecule has 3 rings (SSSR count). The molecule has 26 heavy (non-hydrogen) atoms. The number of rotatable bonds is 4. The van der Waals surface area contributed by atoms with Crippen molar-refractivity contribution in [3.05, 3.63) is 51.1 Å². The number of hydrogen-bond acceptors (Lipinski definition) is 6. The van der Waals surface area contributed by atoms with Crippen LogP contribution in [0.2, 0.25) is 0 Å². The summed E-state index contributed by atoms with van der Waals surface area (Å²) >= 11 is 0. The average molecular weight is 359 g/mol. The van der Waals surface area contributed by atoms with Gasteiger partial charge in [-0.25, -0.2) is 9.78 Å². The van der Waals surface area contributed by atoms with Gasteiger partial charge in [-0.05, 0) is 38.3 Å². The van der Waals surface area contributed by atoms with E-state index in [0.29, 0.717) is 24.5 Å². The van der Waals surface area contributed by atoms with E-state index in [2.05, 4.69) is 4.98 Å². The van der Waals surface area contributed by atoms with E-state index in [1.165, 1.54) is 13.2 Å². The summed E-state index contributed by atoms with van der Waals surface area (Å²) in [5, 5.41) is 11.7. The van der Waals surface area contributed by atoms with Crippen molar-refractivity contribution in [3.63, 3.8) is 0 Å². The van der Waals surface area contributed by atoms with Crippen LogP contribution in [0, 0.1) is 24.0 Å². The van der Waals surface area contributed by atoms with Crippen molar-refractivity contribution >= 4 is 11.7 Å². The van der Waals surface area contributed by atoms with Crippen LogP contribution in [0.4, 0.5) is 5.69 Å². The van der Waals surface area contributed by atoms with Crippen LogP contribution in [0.25, 0.3) is 5.69 Å². The quantitative estimate of drug-likeness (QED) is 0.473. The molecular formula is C18H21N3O5. The number of methoxy groups -OCH3 is 1. The molecule has 0 saturated carbocycles. The smallest absolute Gasteiger partial charge is 0.338 e. The van der Waals surface area contributed by atoms with Crippen molar-refractivity contribution in [1.82, 2.24) is 9.55 Å². The first-order valence-electron chi connectivity index (χ1n) is 8.43. The molecule has 1 saturated heterocycles. The molecule has 0 unspecified atom stereocenters. The molecule has 1 aromatic heterocycles. The fraction of sp³-hybridized carbons (Fsp3) is 0.444. The Hall–Kier alpha value is -2.74. The van der Waals surface area contributed by atoms with E-state index >= 15 is 0 Å². The molecule has 2 heterocycles. The van der Waals surface area contributed by atoms with Gasteiger partial charge in [0.2, 0.25) is 0 Å². The zero-order chi connectivity index (χ0) is 18.8. The van der Waals surface area contributed by atoms with E-state index in [9.17, 15) is 14.9 Å². The van der Waals surface area contributed by atoms with Crippen LogP contribution in [0.1, 0.15) is 46.2 Å². The minimum Gasteiger partial charge on any atom is -0.465 e. The number of ether oxygens (including phenoxy) is 2. The molecule has 0 radical (unpaired) electrons. The SMILES string of the molecule is COC(=O)c1cc([N+](=O)[O-])c(-n2cc(C)nc2C2CCOCC2)cc1C. The maximum absolute atomic E-state index is 11.9. The first-order valence-corrected chi connectivity index (χ1v) is 8.43. The number of esters is 1. The first-order chi connectivity index (χ1) is 12.4. The minimum atomic E-state index is -0.594. The van der Waals surface area contributed by atoms with Gasteiger partial charge < -0.3 is 9.47 Å². The summed E-state index contributed by atoms with van der Waals surface area (Å²) in [7, 11) is 1.25. The van der Waals surface area contributed by atoms with E-state index in [0.717, 1.165) is 24.4 Å². The standard InChI is InChI=1S/C18H21N3O5/c1-11-8-15(16(21(23)24)9-14(11)18(22)25-3)20-10-12(2)19-17(20)13-4-6-26-7-5-13/h8-10,13H,4-7H2,1-3H3. The third-order valence-electron chi connectivity index (χ3n) is 4.62. The van der Waals surface area contributed by atoms with Gasteiger partial charge in [0, 0.05) is 31.4 Å². The predicted octanol–water partition coefficient (Wildman–Crippen LogP) is 3.08. The predicted molar refractivity (Wildman–Crippen MR) is 93.8 cm³/mol. The van der Waals surface area contributed by atoms with Gasteiger partial charge >= 0.3 is 5.97 Å². The zero-order valence-electron chi connectivity index (χ0n) is 15.0. The number of nitro groups is 1. The number of nitrogens with zero attached hydrogens (tertiary/aromatic N) is 3. The molecule has 2 aromatic rings. The van der Waals surface area contributed by atoms with E-state index in [1.807, 2.05) is 6.92 Å². The number of carbonyl (C=O) groups excluding carboxylic acids is 1. The lowest BCUT2D eigenvalue weighted by Crippen LogP contribution is -2.18. The van der Waals surface area contributed by atoms with Crippen molar-refractivity contribution in [3.8, 4) is 5.69 Å². The second-order valence-electron chi connectivity index (χ2n) is 6.40.